The van der Waals surface area contributed by atoms with Crippen molar-refractivity contribution in [2.24, 2.45) is 0 Å². The lowest BCUT2D eigenvalue weighted by Gasteiger charge is -2.37. The van der Waals surface area contributed by atoms with E-state index in [4.69, 9.17) is 0 Å². The van der Waals surface area contributed by atoms with E-state index in [0.717, 1.165) is 11.3 Å². The Balaban J connectivity index is 1.67. The third-order valence-electron chi connectivity index (χ3n) is 6.01. The SMILES string of the molecule is C[C@@H]1CC[C@@H](C)P1[C@H](C)[C]1[CH][CH][CH][C]1P(c1ccccc1)c1ccccc1. The van der Waals surface area contributed by atoms with Crippen LogP contribution in [0.1, 0.15) is 33.6 Å². The smallest absolute Gasteiger partial charge is 0.0201 e. The summed E-state index contributed by atoms with van der Waals surface area (Å²) in [5.41, 5.74) is 4.05. The zero-order valence-electron chi connectivity index (χ0n) is 16.5. The van der Waals surface area contributed by atoms with Crippen LogP contribution in [0.2, 0.25) is 0 Å². The molecule has 2 aromatic rings. The summed E-state index contributed by atoms with van der Waals surface area (Å²) in [4.78, 5) is 0. The lowest BCUT2D eigenvalue weighted by atomic mass is 10.0. The van der Waals surface area contributed by atoms with Crippen LogP contribution >= 0.6 is 15.8 Å². The summed E-state index contributed by atoms with van der Waals surface area (Å²) in [7, 11) is -0.442. The molecule has 3 atom stereocenters. The third-order valence-corrected chi connectivity index (χ3v) is 12.3. The van der Waals surface area contributed by atoms with Gasteiger partial charge in [0.15, 0.2) is 0 Å². The van der Waals surface area contributed by atoms with Crippen LogP contribution < -0.4 is 10.6 Å². The highest BCUT2D eigenvalue weighted by molar-refractivity contribution is 7.76. The van der Waals surface area contributed by atoms with Crippen LogP contribution in [0.15, 0.2) is 60.7 Å². The molecule has 0 N–H and O–H groups in total. The summed E-state index contributed by atoms with van der Waals surface area (Å²) in [6.45, 7) is 7.49. The van der Waals surface area contributed by atoms with Crippen molar-refractivity contribution in [3.8, 4) is 0 Å². The molecule has 0 nitrogen and oxygen atoms in total. The van der Waals surface area contributed by atoms with Gasteiger partial charge in [0.25, 0.3) is 0 Å². The second kappa shape index (κ2) is 8.76. The van der Waals surface area contributed by atoms with Gasteiger partial charge in [-0.15, -0.1) is 0 Å². The van der Waals surface area contributed by atoms with E-state index >= 15 is 0 Å². The van der Waals surface area contributed by atoms with Crippen LogP contribution in [-0.2, 0) is 0 Å². The van der Waals surface area contributed by atoms with Gasteiger partial charge in [0.1, 0.15) is 0 Å². The van der Waals surface area contributed by atoms with Crippen LogP contribution in [-0.4, -0.2) is 17.0 Å². The summed E-state index contributed by atoms with van der Waals surface area (Å²) in [5.74, 6) is 1.61. The molecule has 1 saturated carbocycles. The molecule has 0 aromatic heterocycles. The first kappa shape index (κ1) is 19.6. The Hall–Kier alpha value is -0.700. The van der Waals surface area contributed by atoms with Gasteiger partial charge in [0, 0.05) is 5.66 Å². The summed E-state index contributed by atoms with van der Waals surface area (Å²) < 4.78 is 0. The second-order valence-corrected chi connectivity index (χ2v) is 13.4. The third kappa shape index (κ3) is 4.04. The normalized spacial score (nSPS) is 26.1. The van der Waals surface area contributed by atoms with Crippen molar-refractivity contribution >= 4 is 26.5 Å². The van der Waals surface area contributed by atoms with Crippen molar-refractivity contribution in [1.29, 1.82) is 0 Å². The summed E-state index contributed by atoms with van der Waals surface area (Å²) >= 11 is 0. The van der Waals surface area contributed by atoms with Gasteiger partial charge in [-0.05, 0) is 73.5 Å². The minimum atomic E-state index is -0.495. The minimum absolute atomic E-state index is 0.0523. The van der Waals surface area contributed by atoms with E-state index < -0.39 is 7.92 Å². The molecule has 27 heavy (non-hydrogen) atoms. The topological polar surface area (TPSA) is 0 Å². The molecule has 2 fully saturated rings. The van der Waals surface area contributed by atoms with E-state index in [9.17, 15) is 0 Å². The van der Waals surface area contributed by atoms with E-state index in [1.165, 1.54) is 23.5 Å². The Morgan fingerprint density at radius 2 is 1.33 bits per heavy atom. The average molecular weight is 391 g/mol. The molecule has 4 rings (SSSR count). The number of rotatable bonds is 5. The number of hydrogen-bond acceptors (Lipinski definition) is 0. The highest BCUT2D eigenvalue weighted by Crippen LogP contribution is 2.66. The van der Waals surface area contributed by atoms with E-state index in [1.807, 2.05) is 0 Å². The lowest BCUT2D eigenvalue weighted by molar-refractivity contribution is 0.777. The van der Waals surface area contributed by atoms with Crippen LogP contribution in [0.3, 0.4) is 0 Å². The molecule has 2 heteroatoms. The molecule has 0 amide bonds. The lowest BCUT2D eigenvalue weighted by Crippen LogP contribution is -2.25. The quantitative estimate of drug-likeness (QED) is 0.525. The van der Waals surface area contributed by atoms with Gasteiger partial charge in [0.05, 0.1) is 0 Å². The molecule has 1 aliphatic carbocycles. The van der Waals surface area contributed by atoms with Gasteiger partial charge in [-0.2, -0.15) is 0 Å². The minimum Gasteiger partial charge on any atom is -0.0974 e. The first-order valence-corrected chi connectivity index (χ1v) is 13.0. The maximum Gasteiger partial charge on any atom is 0.0201 e. The molecule has 2 aromatic carbocycles. The Labute approximate surface area is 168 Å². The first-order chi connectivity index (χ1) is 13.2. The van der Waals surface area contributed by atoms with Crippen molar-refractivity contribution in [3.05, 3.63) is 91.5 Å². The average Bonchev–Trinajstić information content (AvgIpc) is 3.30. The molecule has 1 heterocycles. The fourth-order valence-corrected chi connectivity index (χ4v) is 11.2. The van der Waals surface area contributed by atoms with Crippen molar-refractivity contribution in [3.63, 3.8) is 0 Å². The van der Waals surface area contributed by atoms with Crippen LogP contribution in [0.25, 0.3) is 0 Å². The summed E-state index contributed by atoms with van der Waals surface area (Å²) in [5, 5.41) is 2.91. The Bertz CT molecular complexity index is 664. The highest BCUT2D eigenvalue weighted by atomic mass is 31.1. The summed E-state index contributed by atoms with van der Waals surface area (Å²) in [6, 6.07) is 22.2. The maximum atomic E-state index is 2.51. The van der Waals surface area contributed by atoms with E-state index in [2.05, 4.69) is 101 Å². The van der Waals surface area contributed by atoms with Crippen molar-refractivity contribution in [2.75, 3.05) is 0 Å². The second-order valence-electron chi connectivity index (χ2n) is 7.77. The standard InChI is InChI=1S/C25H29P2/c1-19-17-18-20(2)26(19)21(3)24-15-10-16-25(24)27(22-11-6-4-7-12-22)23-13-8-5-9-14-23/h4-16,19-21H,17-18H2,1-3H3/t19-,20-,21-/m1/s1. The molecule has 139 valence electrons. The molecular formula is C25H29P2. The van der Waals surface area contributed by atoms with E-state index in [1.54, 1.807) is 11.6 Å². The monoisotopic (exact) mass is 391 g/mol. The molecule has 5 radical (unpaired) electrons. The van der Waals surface area contributed by atoms with Crippen LogP contribution in [0, 0.1) is 30.8 Å². The maximum absolute atomic E-state index is 2.51. The largest absolute Gasteiger partial charge is 0.0974 e. The Morgan fingerprint density at radius 1 is 0.815 bits per heavy atom. The van der Waals surface area contributed by atoms with Gasteiger partial charge < -0.3 is 0 Å². The fourth-order valence-electron chi connectivity index (χ4n) is 4.70. The Kier molecular flexibility index (Phi) is 6.36. The predicted molar refractivity (Wildman–Crippen MR) is 123 cm³/mol. The van der Waals surface area contributed by atoms with Gasteiger partial charge in [-0.25, -0.2) is 0 Å². The molecule has 0 spiro atoms. The molecular weight excluding hydrogens is 362 g/mol. The van der Waals surface area contributed by atoms with Crippen molar-refractivity contribution in [1.82, 2.24) is 0 Å². The molecule has 1 aliphatic heterocycles. The summed E-state index contributed by atoms with van der Waals surface area (Å²) in [6.07, 6.45) is 9.95. The van der Waals surface area contributed by atoms with Crippen molar-refractivity contribution < 1.29 is 0 Å². The fraction of sp³-hybridized carbons (Fsp3) is 0.320. The predicted octanol–water partition coefficient (Wildman–Crippen LogP) is 6.29. The van der Waals surface area contributed by atoms with Gasteiger partial charge in [-0.3, -0.25) is 0 Å². The molecule has 0 bridgehead atoms. The number of benzene rings is 2. The highest BCUT2D eigenvalue weighted by Gasteiger charge is 2.45. The van der Waals surface area contributed by atoms with Crippen molar-refractivity contribution in [2.45, 2.75) is 50.6 Å². The zero-order chi connectivity index (χ0) is 18.8. The van der Waals surface area contributed by atoms with E-state index in [0.29, 0.717) is 5.66 Å². The zero-order valence-corrected chi connectivity index (χ0v) is 18.3. The van der Waals surface area contributed by atoms with Gasteiger partial charge in [0.2, 0.25) is 0 Å². The number of hydrogen-bond donors (Lipinski definition) is 0. The first-order valence-electron chi connectivity index (χ1n) is 10.1. The van der Waals surface area contributed by atoms with Gasteiger partial charge >= 0.3 is 0 Å². The Morgan fingerprint density at radius 3 is 1.85 bits per heavy atom. The molecule has 1 saturated heterocycles. The van der Waals surface area contributed by atoms with Crippen LogP contribution in [0.4, 0.5) is 0 Å². The molecule has 0 unspecified atom stereocenters. The van der Waals surface area contributed by atoms with Gasteiger partial charge in [-0.1, -0.05) is 89.4 Å². The van der Waals surface area contributed by atoms with E-state index in [-0.39, 0.29) is 7.92 Å². The molecule has 2 aliphatic rings. The van der Waals surface area contributed by atoms with Crippen LogP contribution in [0.5, 0.6) is 0 Å².